The first-order valence-electron chi connectivity index (χ1n) is 6.38. The molecule has 1 aromatic rings. The van der Waals surface area contributed by atoms with E-state index in [9.17, 15) is 19.5 Å². The SMILES string of the molecule is CC(=O)N(N[C@@H](C)C(=O)O)[C@@H](Cc1ccccc1)C(=O)O. The second kappa shape index (κ2) is 7.39. The van der Waals surface area contributed by atoms with E-state index in [0.29, 0.717) is 0 Å². The van der Waals surface area contributed by atoms with Crippen molar-refractivity contribution in [2.45, 2.75) is 32.4 Å². The molecule has 0 aliphatic carbocycles. The Morgan fingerprint density at radius 3 is 2.14 bits per heavy atom. The zero-order chi connectivity index (χ0) is 16.0. The largest absolute Gasteiger partial charge is 0.480 e. The highest BCUT2D eigenvalue weighted by Gasteiger charge is 2.30. The van der Waals surface area contributed by atoms with Gasteiger partial charge >= 0.3 is 11.9 Å². The van der Waals surface area contributed by atoms with Crippen LogP contribution < -0.4 is 5.43 Å². The van der Waals surface area contributed by atoms with Crippen molar-refractivity contribution in [3.63, 3.8) is 0 Å². The minimum absolute atomic E-state index is 0.0785. The number of hydrazine groups is 1. The summed E-state index contributed by atoms with van der Waals surface area (Å²) in [5.41, 5.74) is 3.16. The van der Waals surface area contributed by atoms with Gasteiger partial charge < -0.3 is 10.2 Å². The van der Waals surface area contributed by atoms with E-state index in [4.69, 9.17) is 5.11 Å². The van der Waals surface area contributed by atoms with E-state index in [1.54, 1.807) is 30.3 Å². The average molecular weight is 294 g/mol. The summed E-state index contributed by atoms with van der Waals surface area (Å²) in [6.07, 6.45) is 0.0785. The molecule has 0 heterocycles. The van der Waals surface area contributed by atoms with Crippen LogP contribution in [0.25, 0.3) is 0 Å². The third kappa shape index (κ3) is 4.88. The van der Waals surface area contributed by atoms with Crippen LogP contribution in [0.4, 0.5) is 0 Å². The van der Waals surface area contributed by atoms with Crippen molar-refractivity contribution in [2.75, 3.05) is 0 Å². The lowest BCUT2D eigenvalue weighted by atomic mass is 10.1. The predicted octanol–water partition coefficient (Wildman–Crippen LogP) is 0.508. The maximum atomic E-state index is 11.6. The lowest BCUT2D eigenvalue weighted by Crippen LogP contribution is -2.57. The Kier molecular flexibility index (Phi) is 5.86. The molecule has 1 amide bonds. The van der Waals surface area contributed by atoms with E-state index in [2.05, 4.69) is 5.43 Å². The second-order valence-corrected chi connectivity index (χ2v) is 4.62. The van der Waals surface area contributed by atoms with Crippen LogP contribution in [0.15, 0.2) is 30.3 Å². The fraction of sp³-hybridized carbons (Fsp3) is 0.357. The van der Waals surface area contributed by atoms with E-state index < -0.39 is 29.9 Å². The fourth-order valence-corrected chi connectivity index (χ4v) is 1.79. The maximum absolute atomic E-state index is 11.6. The summed E-state index contributed by atoms with van der Waals surface area (Å²) in [7, 11) is 0. The van der Waals surface area contributed by atoms with E-state index in [-0.39, 0.29) is 6.42 Å². The highest BCUT2D eigenvalue weighted by Crippen LogP contribution is 2.09. The highest BCUT2D eigenvalue weighted by atomic mass is 16.4. The number of nitrogens with one attached hydrogen (secondary N) is 1. The van der Waals surface area contributed by atoms with Crippen LogP contribution in [0.5, 0.6) is 0 Å². The van der Waals surface area contributed by atoms with Gasteiger partial charge in [0.1, 0.15) is 12.1 Å². The topological polar surface area (TPSA) is 107 Å². The molecule has 2 atom stereocenters. The van der Waals surface area contributed by atoms with Crippen molar-refractivity contribution < 1.29 is 24.6 Å². The number of hydrogen-bond donors (Lipinski definition) is 3. The molecule has 0 spiro atoms. The number of nitrogens with zero attached hydrogens (tertiary/aromatic N) is 1. The molecule has 0 bridgehead atoms. The Bertz CT molecular complexity index is 517. The third-order valence-electron chi connectivity index (χ3n) is 2.91. The van der Waals surface area contributed by atoms with Crippen LogP contribution in [0, 0.1) is 0 Å². The van der Waals surface area contributed by atoms with Gasteiger partial charge in [0.15, 0.2) is 0 Å². The van der Waals surface area contributed by atoms with Crippen LogP contribution >= 0.6 is 0 Å². The van der Waals surface area contributed by atoms with Gasteiger partial charge in [-0.15, -0.1) is 0 Å². The van der Waals surface area contributed by atoms with Crippen LogP contribution in [0.3, 0.4) is 0 Å². The molecule has 1 aromatic carbocycles. The summed E-state index contributed by atoms with van der Waals surface area (Å²) in [5, 5.41) is 19.1. The minimum Gasteiger partial charge on any atom is -0.480 e. The first-order valence-corrected chi connectivity index (χ1v) is 6.38. The molecule has 21 heavy (non-hydrogen) atoms. The summed E-state index contributed by atoms with van der Waals surface area (Å²) >= 11 is 0. The number of amides is 1. The van der Waals surface area contributed by atoms with Gasteiger partial charge in [-0.3, -0.25) is 14.6 Å². The van der Waals surface area contributed by atoms with Crippen molar-refractivity contribution in [2.24, 2.45) is 0 Å². The van der Waals surface area contributed by atoms with Gasteiger partial charge in [0.2, 0.25) is 5.91 Å². The number of rotatable bonds is 7. The molecule has 0 radical (unpaired) electrons. The van der Waals surface area contributed by atoms with Crippen LogP contribution in [0.1, 0.15) is 19.4 Å². The van der Waals surface area contributed by atoms with E-state index in [1.807, 2.05) is 0 Å². The number of benzene rings is 1. The molecule has 1 rings (SSSR count). The number of carbonyl (C=O) groups is 3. The molecule has 7 heteroatoms. The molecular formula is C14H18N2O5. The molecule has 0 fully saturated rings. The number of carboxylic acid groups (broad SMARTS) is 2. The summed E-state index contributed by atoms with van der Waals surface area (Å²) in [6.45, 7) is 2.52. The van der Waals surface area contributed by atoms with Crippen molar-refractivity contribution in [1.29, 1.82) is 0 Å². The smallest absolute Gasteiger partial charge is 0.328 e. The van der Waals surface area contributed by atoms with E-state index >= 15 is 0 Å². The Hall–Kier alpha value is -2.41. The van der Waals surface area contributed by atoms with Crippen molar-refractivity contribution in [3.05, 3.63) is 35.9 Å². The van der Waals surface area contributed by atoms with Gasteiger partial charge in [-0.05, 0) is 12.5 Å². The Morgan fingerprint density at radius 1 is 1.14 bits per heavy atom. The quantitative estimate of drug-likeness (QED) is 0.632. The van der Waals surface area contributed by atoms with Gasteiger partial charge in [0.05, 0.1) is 0 Å². The standard InChI is InChI=1S/C14H18N2O5/c1-9(13(18)19)15-16(10(2)17)12(14(20)21)8-11-6-4-3-5-7-11/h3-7,9,12,15H,8H2,1-2H3,(H,18,19)(H,20,21)/t9-,12-/m0/s1. The van der Waals surface area contributed by atoms with Crippen molar-refractivity contribution in [3.8, 4) is 0 Å². The Morgan fingerprint density at radius 2 is 1.71 bits per heavy atom. The summed E-state index contributed by atoms with van der Waals surface area (Å²) in [5.74, 6) is -2.95. The number of hydrogen-bond acceptors (Lipinski definition) is 4. The van der Waals surface area contributed by atoms with Crippen molar-refractivity contribution >= 4 is 17.8 Å². The summed E-state index contributed by atoms with van der Waals surface area (Å²) in [6, 6.07) is 6.55. The van der Waals surface area contributed by atoms with E-state index in [1.165, 1.54) is 13.8 Å². The molecule has 0 aliphatic heterocycles. The van der Waals surface area contributed by atoms with Gasteiger partial charge in [-0.2, -0.15) is 0 Å². The third-order valence-corrected chi connectivity index (χ3v) is 2.91. The Balaban J connectivity index is 2.96. The monoisotopic (exact) mass is 294 g/mol. The van der Waals surface area contributed by atoms with Gasteiger partial charge in [0, 0.05) is 13.3 Å². The number of aliphatic carboxylic acids is 2. The van der Waals surface area contributed by atoms with Crippen LogP contribution in [0.2, 0.25) is 0 Å². The zero-order valence-corrected chi connectivity index (χ0v) is 11.8. The first kappa shape index (κ1) is 16.6. The average Bonchev–Trinajstić information content (AvgIpc) is 2.42. The lowest BCUT2D eigenvalue weighted by Gasteiger charge is -2.30. The molecule has 3 N–H and O–H groups in total. The molecule has 0 unspecified atom stereocenters. The summed E-state index contributed by atoms with van der Waals surface area (Å²) in [4.78, 5) is 33.9. The highest BCUT2D eigenvalue weighted by molar-refractivity contribution is 5.82. The maximum Gasteiger partial charge on any atom is 0.328 e. The van der Waals surface area contributed by atoms with E-state index in [0.717, 1.165) is 10.6 Å². The van der Waals surface area contributed by atoms with Gasteiger partial charge in [0.25, 0.3) is 0 Å². The number of carbonyl (C=O) groups excluding carboxylic acids is 1. The van der Waals surface area contributed by atoms with Crippen LogP contribution in [-0.4, -0.2) is 45.2 Å². The molecule has 7 nitrogen and oxygen atoms in total. The van der Waals surface area contributed by atoms with Gasteiger partial charge in [-0.25, -0.2) is 10.2 Å². The molecule has 0 aliphatic rings. The van der Waals surface area contributed by atoms with Crippen molar-refractivity contribution in [1.82, 2.24) is 10.4 Å². The first-order chi connectivity index (χ1) is 9.82. The lowest BCUT2D eigenvalue weighted by molar-refractivity contribution is -0.155. The van der Waals surface area contributed by atoms with Crippen LogP contribution in [-0.2, 0) is 20.8 Å². The van der Waals surface area contributed by atoms with Gasteiger partial charge in [-0.1, -0.05) is 30.3 Å². The molecule has 114 valence electrons. The minimum atomic E-state index is -1.21. The molecular weight excluding hydrogens is 276 g/mol. The Labute approximate surface area is 122 Å². The zero-order valence-electron chi connectivity index (χ0n) is 11.8. The normalized spacial score (nSPS) is 13.2. The molecule has 0 aromatic heterocycles. The second-order valence-electron chi connectivity index (χ2n) is 4.62. The number of carboxylic acids is 2. The predicted molar refractivity (Wildman–Crippen MR) is 74.3 cm³/mol. The fourth-order valence-electron chi connectivity index (χ4n) is 1.79. The molecule has 0 saturated carbocycles. The summed E-state index contributed by atoms with van der Waals surface area (Å²) < 4.78 is 0. The molecule has 0 saturated heterocycles.